The number of carbonyl (C=O) groups is 2. The Labute approximate surface area is 215 Å². The summed E-state index contributed by atoms with van der Waals surface area (Å²) in [6.07, 6.45) is 1.66. The summed E-state index contributed by atoms with van der Waals surface area (Å²) >= 11 is 1.41. The second-order valence-corrected chi connectivity index (χ2v) is 10.3. The molecule has 2 aromatic heterocycles. The summed E-state index contributed by atoms with van der Waals surface area (Å²) in [5.74, 6) is 0.809. The number of aromatic nitrogens is 2. The van der Waals surface area contributed by atoms with Gasteiger partial charge in [-0.25, -0.2) is 4.39 Å². The lowest BCUT2D eigenvalue weighted by Crippen LogP contribution is -2.44. The van der Waals surface area contributed by atoms with Crippen molar-refractivity contribution in [2.75, 3.05) is 44.2 Å². The van der Waals surface area contributed by atoms with Crippen molar-refractivity contribution in [3.05, 3.63) is 64.6 Å². The van der Waals surface area contributed by atoms with E-state index in [0.717, 1.165) is 30.8 Å². The van der Waals surface area contributed by atoms with Gasteiger partial charge in [-0.15, -0.1) is 21.5 Å². The van der Waals surface area contributed by atoms with Gasteiger partial charge in [-0.2, -0.15) is 0 Å². The molecule has 3 aromatic rings. The summed E-state index contributed by atoms with van der Waals surface area (Å²) in [7, 11) is 0. The quantitative estimate of drug-likeness (QED) is 0.445. The van der Waals surface area contributed by atoms with Crippen molar-refractivity contribution in [3.8, 4) is 11.3 Å². The molecule has 9 heteroatoms. The summed E-state index contributed by atoms with van der Waals surface area (Å²) in [6.45, 7) is 7.50. The SMILES string of the molecule is CC(C)CCN(CC(=O)N1CCCN(c2ccc(-c3ccc(F)cc3)nn2)CC1)C(=O)c1cccs1. The molecule has 1 fully saturated rings. The average molecular weight is 510 g/mol. The van der Waals surface area contributed by atoms with Crippen LogP contribution in [0.4, 0.5) is 10.2 Å². The number of anilines is 1. The third-order valence-corrected chi connectivity index (χ3v) is 7.14. The first-order valence-corrected chi connectivity index (χ1v) is 13.2. The van der Waals surface area contributed by atoms with E-state index in [2.05, 4.69) is 28.9 Å². The molecule has 3 heterocycles. The van der Waals surface area contributed by atoms with Crippen LogP contribution in [0.2, 0.25) is 0 Å². The standard InChI is InChI=1S/C27H32FN5O2S/c1-20(2)12-15-33(27(35)24-5-3-18-36-24)19-26(34)32-14-4-13-31(16-17-32)25-11-10-23(29-30-25)21-6-8-22(28)9-7-21/h3,5-11,18,20H,4,12-17,19H2,1-2H3. The molecule has 1 aliphatic rings. The Balaban J connectivity index is 1.36. The van der Waals surface area contributed by atoms with Crippen molar-refractivity contribution >= 4 is 29.0 Å². The molecule has 0 atom stereocenters. The van der Waals surface area contributed by atoms with Crippen LogP contribution < -0.4 is 4.90 Å². The predicted octanol–water partition coefficient (Wildman–Crippen LogP) is 4.57. The number of thiophene rings is 1. The lowest BCUT2D eigenvalue weighted by Gasteiger charge is -2.27. The zero-order chi connectivity index (χ0) is 25.5. The number of halogens is 1. The van der Waals surface area contributed by atoms with E-state index in [-0.39, 0.29) is 24.2 Å². The highest BCUT2D eigenvalue weighted by Crippen LogP contribution is 2.20. The van der Waals surface area contributed by atoms with Gasteiger partial charge in [0.1, 0.15) is 12.4 Å². The molecule has 190 valence electrons. The molecule has 1 saturated heterocycles. The minimum atomic E-state index is -0.286. The van der Waals surface area contributed by atoms with Gasteiger partial charge in [0.15, 0.2) is 5.82 Å². The normalized spacial score (nSPS) is 14.1. The van der Waals surface area contributed by atoms with Crippen molar-refractivity contribution in [1.29, 1.82) is 0 Å². The molecule has 0 unspecified atom stereocenters. The molecule has 0 saturated carbocycles. The van der Waals surface area contributed by atoms with Crippen LogP contribution in [0.25, 0.3) is 11.3 Å². The third-order valence-electron chi connectivity index (χ3n) is 6.28. The molecule has 1 aliphatic heterocycles. The van der Waals surface area contributed by atoms with E-state index >= 15 is 0 Å². The van der Waals surface area contributed by atoms with E-state index in [9.17, 15) is 14.0 Å². The highest BCUT2D eigenvalue weighted by molar-refractivity contribution is 7.12. The van der Waals surface area contributed by atoms with Crippen LogP contribution >= 0.6 is 11.3 Å². The number of amides is 2. The van der Waals surface area contributed by atoms with E-state index in [0.29, 0.717) is 42.7 Å². The largest absolute Gasteiger partial charge is 0.353 e. The maximum Gasteiger partial charge on any atom is 0.264 e. The maximum atomic E-state index is 13.2. The van der Waals surface area contributed by atoms with Crippen molar-refractivity contribution in [2.45, 2.75) is 26.7 Å². The summed E-state index contributed by atoms with van der Waals surface area (Å²) in [4.78, 5) is 32.6. The second kappa shape index (κ2) is 12.1. The Hall–Kier alpha value is -3.33. The maximum absolute atomic E-state index is 13.2. The van der Waals surface area contributed by atoms with Crippen LogP contribution in [0.1, 0.15) is 36.4 Å². The molecular formula is C27H32FN5O2S. The fourth-order valence-electron chi connectivity index (χ4n) is 4.15. The number of hydrogen-bond acceptors (Lipinski definition) is 6. The Morgan fingerprint density at radius 1 is 1.03 bits per heavy atom. The second-order valence-electron chi connectivity index (χ2n) is 9.39. The van der Waals surface area contributed by atoms with Crippen LogP contribution in [0.5, 0.6) is 0 Å². The first kappa shape index (κ1) is 25.8. The number of benzene rings is 1. The minimum absolute atomic E-state index is 0.0248. The van der Waals surface area contributed by atoms with Crippen molar-refractivity contribution in [3.63, 3.8) is 0 Å². The Kier molecular flexibility index (Phi) is 8.64. The molecule has 7 nitrogen and oxygen atoms in total. The van der Waals surface area contributed by atoms with Gasteiger partial charge in [-0.3, -0.25) is 9.59 Å². The Morgan fingerprint density at radius 3 is 2.50 bits per heavy atom. The first-order valence-electron chi connectivity index (χ1n) is 12.4. The Morgan fingerprint density at radius 2 is 1.83 bits per heavy atom. The molecule has 2 amide bonds. The van der Waals surface area contributed by atoms with Gasteiger partial charge in [0.2, 0.25) is 5.91 Å². The van der Waals surface area contributed by atoms with Gasteiger partial charge in [0.25, 0.3) is 5.91 Å². The van der Waals surface area contributed by atoms with E-state index in [4.69, 9.17) is 0 Å². The number of carbonyl (C=O) groups excluding carboxylic acids is 2. The zero-order valence-electron chi connectivity index (χ0n) is 20.8. The monoisotopic (exact) mass is 509 g/mol. The lowest BCUT2D eigenvalue weighted by atomic mass is 10.1. The fraction of sp³-hybridized carbons (Fsp3) is 0.407. The van der Waals surface area contributed by atoms with Crippen molar-refractivity contribution < 1.29 is 14.0 Å². The summed E-state index contributed by atoms with van der Waals surface area (Å²) in [5, 5.41) is 10.6. The highest BCUT2D eigenvalue weighted by atomic mass is 32.1. The van der Waals surface area contributed by atoms with Crippen LogP contribution in [0.15, 0.2) is 53.9 Å². The van der Waals surface area contributed by atoms with Crippen LogP contribution in [-0.2, 0) is 4.79 Å². The van der Waals surface area contributed by atoms with Gasteiger partial charge in [0.05, 0.1) is 10.6 Å². The van der Waals surface area contributed by atoms with Crippen molar-refractivity contribution in [1.82, 2.24) is 20.0 Å². The number of hydrogen-bond donors (Lipinski definition) is 0. The number of nitrogens with zero attached hydrogens (tertiary/aromatic N) is 5. The van der Waals surface area contributed by atoms with Gasteiger partial charge in [-0.05, 0) is 66.6 Å². The van der Waals surface area contributed by atoms with Crippen molar-refractivity contribution in [2.24, 2.45) is 5.92 Å². The van der Waals surface area contributed by atoms with E-state index in [1.165, 1.54) is 23.5 Å². The van der Waals surface area contributed by atoms with E-state index in [1.54, 1.807) is 17.0 Å². The van der Waals surface area contributed by atoms with Gasteiger partial charge in [-0.1, -0.05) is 19.9 Å². The highest BCUT2D eigenvalue weighted by Gasteiger charge is 2.25. The molecule has 4 rings (SSSR count). The molecular weight excluding hydrogens is 477 g/mol. The molecule has 0 N–H and O–H groups in total. The van der Waals surface area contributed by atoms with Crippen LogP contribution in [0, 0.1) is 11.7 Å². The Bertz CT molecular complexity index is 1140. The predicted molar refractivity (Wildman–Crippen MR) is 141 cm³/mol. The summed E-state index contributed by atoms with van der Waals surface area (Å²) in [5.41, 5.74) is 1.49. The van der Waals surface area contributed by atoms with Crippen LogP contribution in [-0.4, -0.2) is 71.1 Å². The molecule has 0 bridgehead atoms. The molecule has 0 aliphatic carbocycles. The minimum Gasteiger partial charge on any atom is -0.353 e. The van der Waals surface area contributed by atoms with Gasteiger partial charge < -0.3 is 14.7 Å². The fourth-order valence-corrected chi connectivity index (χ4v) is 4.84. The van der Waals surface area contributed by atoms with Gasteiger partial charge in [0, 0.05) is 38.3 Å². The molecule has 0 radical (unpaired) electrons. The van der Waals surface area contributed by atoms with E-state index < -0.39 is 0 Å². The average Bonchev–Trinajstić information content (AvgIpc) is 3.31. The van der Waals surface area contributed by atoms with Gasteiger partial charge >= 0.3 is 0 Å². The topological polar surface area (TPSA) is 69.6 Å². The molecule has 0 spiro atoms. The summed E-state index contributed by atoms with van der Waals surface area (Å²) in [6, 6.07) is 13.6. The molecule has 1 aromatic carbocycles. The van der Waals surface area contributed by atoms with Crippen LogP contribution in [0.3, 0.4) is 0 Å². The smallest absolute Gasteiger partial charge is 0.264 e. The molecule has 36 heavy (non-hydrogen) atoms. The zero-order valence-corrected chi connectivity index (χ0v) is 21.6. The summed E-state index contributed by atoms with van der Waals surface area (Å²) < 4.78 is 13.2. The first-order chi connectivity index (χ1) is 17.4. The van der Waals surface area contributed by atoms with E-state index in [1.807, 2.05) is 34.5 Å². The number of rotatable bonds is 8. The third kappa shape index (κ3) is 6.66. The lowest BCUT2D eigenvalue weighted by molar-refractivity contribution is -0.131.